The molecule has 0 spiro atoms. The van der Waals surface area contributed by atoms with Crippen LogP contribution >= 0.6 is 0 Å². The molecule has 0 saturated carbocycles. The van der Waals surface area contributed by atoms with Crippen LogP contribution in [0, 0.1) is 12.3 Å². The van der Waals surface area contributed by atoms with Gasteiger partial charge in [0.05, 0.1) is 22.3 Å². The van der Waals surface area contributed by atoms with E-state index >= 15 is 0 Å². The van der Waals surface area contributed by atoms with Crippen molar-refractivity contribution in [3.63, 3.8) is 0 Å². The van der Waals surface area contributed by atoms with Crippen molar-refractivity contribution in [1.29, 1.82) is 0 Å². The molecule has 10 nitrogen and oxygen atoms in total. The Morgan fingerprint density at radius 2 is 0.936 bits per heavy atom. The Balaban J connectivity index is 1.53. The largest absolute Gasteiger partial charge is 0.459 e. The van der Waals surface area contributed by atoms with Gasteiger partial charge in [0.1, 0.15) is 19.3 Å². The van der Waals surface area contributed by atoms with E-state index in [-0.39, 0.29) is 28.9 Å². The predicted molar refractivity (Wildman–Crippen MR) is 167 cm³/mol. The Labute approximate surface area is 271 Å². The third-order valence-electron chi connectivity index (χ3n) is 7.07. The van der Waals surface area contributed by atoms with Gasteiger partial charge >= 0.3 is 23.9 Å². The Hall–Kier alpha value is -5.76. The first-order valence-corrected chi connectivity index (χ1v) is 14.7. The summed E-state index contributed by atoms with van der Waals surface area (Å²) in [5.41, 5.74) is 0.814. The average molecular weight is 635 g/mol. The van der Waals surface area contributed by atoms with E-state index in [0.29, 0.717) is 0 Å². The molecule has 0 bridgehead atoms. The lowest BCUT2D eigenvalue weighted by molar-refractivity contribution is -0.295. The van der Waals surface area contributed by atoms with Crippen molar-refractivity contribution in [2.45, 2.75) is 30.7 Å². The van der Waals surface area contributed by atoms with E-state index in [9.17, 15) is 19.2 Å². The third kappa shape index (κ3) is 8.49. The summed E-state index contributed by atoms with van der Waals surface area (Å²) >= 11 is 0. The molecule has 0 amide bonds. The van der Waals surface area contributed by atoms with Crippen molar-refractivity contribution in [1.82, 2.24) is 0 Å². The molecule has 0 aromatic heterocycles. The minimum absolute atomic E-state index is 0.174. The van der Waals surface area contributed by atoms with Crippen LogP contribution in [-0.2, 0) is 28.4 Å². The second-order valence-corrected chi connectivity index (χ2v) is 10.2. The van der Waals surface area contributed by atoms with E-state index < -0.39 is 61.2 Å². The van der Waals surface area contributed by atoms with Crippen molar-refractivity contribution in [2.75, 3.05) is 13.2 Å². The molecule has 0 radical (unpaired) electrons. The van der Waals surface area contributed by atoms with Crippen LogP contribution in [0.3, 0.4) is 0 Å². The zero-order valence-corrected chi connectivity index (χ0v) is 25.0. The molecule has 1 aliphatic rings. The summed E-state index contributed by atoms with van der Waals surface area (Å²) in [5, 5.41) is 0. The van der Waals surface area contributed by atoms with Crippen LogP contribution in [0.25, 0.3) is 0 Å². The molecule has 5 rings (SSSR count). The maximum atomic E-state index is 13.5. The minimum atomic E-state index is -1.51. The molecule has 238 valence electrons. The van der Waals surface area contributed by atoms with Gasteiger partial charge in [0.2, 0.25) is 0 Å². The van der Waals surface area contributed by atoms with Crippen LogP contribution in [0.15, 0.2) is 121 Å². The standard InChI is InChI=1S/C37H30O10/c1-2-23-42-37-32(47-36(41)28-21-13-6-14-22-28)31(46-35(40)27-19-11-5-12-20-27)30(45-34(39)26-17-9-4-10-18-26)29(44-37)24-43-33(38)25-15-7-3-8-16-25/h1,3-22,29-32,37H,23-24H2/t29-,30-,31+,32-,37+/m1/s1. The smallest absolute Gasteiger partial charge is 0.338 e. The van der Waals surface area contributed by atoms with Crippen molar-refractivity contribution >= 4 is 23.9 Å². The van der Waals surface area contributed by atoms with E-state index in [1.165, 1.54) is 36.4 Å². The highest BCUT2D eigenvalue weighted by atomic mass is 16.7. The number of esters is 4. The Morgan fingerprint density at radius 1 is 0.553 bits per heavy atom. The molecule has 4 aromatic carbocycles. The van der Waals surface area contributed by atoms with Gasteiger partial charge in [0, 0.05) is 0 Å². The van der Waals surface area contributed by atoms with E-state index in [1.54, 1.807) is 84.9 Å². The first-order valence-electron chi connectivity index (χ1n) is 14.7. The third-order valence-corrected chi connectivity index (χ3v) is 7.07. The summed E-state index contributed by atoms with van der Waals surface area (Å²) < 4.78 is 35.2. The van der Waals surface area contributed by atoms with Gasteiger partial charge in [0.25, 0.3) is 0 Å². The summed E-state index contributed by atoms with van der Waals surface area (Å²) in [6.45, 7) is -0.747. The van der Waals surface area contributed by atoms with Crippen molar-refractivity contribution in [3.05, 3.63) is 144 Å². The molecule has 10 heteroatoms. The van der Waals surface area contributed by atoms with Gasteiger partial charge in [-0.25, -0.2) is 19.2 Å². The van der Waals surface area contributed by atoms with Crippen LogP contribution < -0.4 is 0 Å². The number of carbonyl (C=O) groups excluding carboxylic acids is 4. The molecule has 4 aromatic rings. The van der Waals surface area contributed by atoms with Crippen LogP contribution in [0.5, 0.6) is 0 Å². The summed E-state index contributed by atoms with van der Waals surface area (Å²) in [6, 6.07) is 32.5. The highest BCUT2D eigenvalue weighted by molar-refractivity contribution is 5.91. The maximum absolute atomic E-state index is 13.5. The number of carbonyl (C=O) groups is 4. The molecule has 5 atom stereocenters. The summed E-state index contributed by atoms with van der Waals surface area (Å²) in [6.07, 6.45) is -1.69. The lowest BCUT2D eigenvalue weighted by atomic mass is 9.97. The lowest BCUT2D eigenvalue weighted by Crippen LogP contribution is -2.63. The highest BCUT2D eigenvalue weighted by Gasteiger charge is 2.53. The Bertz CT molecular complexity index is 1690. The monoisotopic (exact) mass is 634 g/mol. The number of terminal acetylenes is 1. The lowest BCUT2D eigenvalue weighted by Gasteiger charge is -2.44. The summed E-state index contributed by atoms with van der Waals surface area (Å²) in [5.74, 6) is -0.751. The topological polar surface area (TPSA) is 124 Å². The fourth-order valence-corrected chi connectivity index (χ4v) is 4.79. The van der Waals surface area contributed by atoms with Crippen molar-refractivity contribution in [2.24, 2.45) is 0 Å². The number of hydrogen-bond donors (Lipinski definition) is 0. The molecule has 0 unspecified atom stereocenters. The van der Waals surface area contributed by atoms with Crippen LogP contribution in [0.2, 0.25) is 0 Å². The quantitative estimate of drug-likeness (QED) is 0.128. The van der Waals surface area contributed by atoms with Gasteiger partial charge in [-0.1, -0.05) is 78.7 Å². The number of hydrogen-bond acceptors (Lipinski definition) is 10. The van der Waals surface area contributed by atoms with Gasteiger partial charge in [-0.05, 0) is 48.5 Å². The normalized spacial score (nSPS) is 20.2. The van der Waals surface area contributed by atoms with Crippen LogP contribution in [0.1, 0.15) is 41.4 Å². The van der Waals surface area contributed by atoms with Gasteiger partial charge in [-0.2, -0.15) is 0 Å². The second kappa shape index (κ2) is 16.0. The Kier molecular flexibility index (Phi) is 11.1. The second-order valence-electron chi connectivity index (χ2n) is 10.2. The molecule has 0 aliphatic carbocycles. The average Bonchev–Trinajstić information content (AvgIpc) is 3.13. The Morgan fingerprint density at radius 3 is 1.36 bits per heavy atom. The predicted octanol–water partition coefficient (Wildman–Crippen LogP) is 4.89. The first-order chi connectivity index (χ1) is 22.9. The van der Waals surface area contributed by atoms with Gasteiger partial charge in [-0.15, -0.1) is 6.42 Å². The van der Waals surface area contributed by atoms with Gasteiger partial charge < -0.3 is 28.4 Å². The van der Waals surface area contributed by atoms with E-state index in [0.717, 1.165) is 0 Å². The SMILES string of the molecule is C#CCO[C@H]1O[C@H](COC(=O)c2ccccc2)[C@@H](OC(=O)c2ccccc2)[C@H](OC(=O)c2ccccc2)[C@H]1OC(=O)c1ccccc1. The molecule has 1 saturated heterocycles. The van der Waals surface area contributed by atoms with Crippen molar-refractivity contribution < 1.29 is 47.6 Å². The number of benzene rings is 4. The zero-order chi connectivity index (χ0) is 33.0. The summed E-state index contributed by atoms with van der Waals surface area (Å²) in [7, 11) is 0. The van der Waals surface area contributed by atoms with Crippen LogP contribution in [-0.4, -0.2) is 67.8 Å². The van der Waals surface area contributed by atoms with Gasteiger partial charge in [-0.3, -0.25) is 0 Å². The fourth-order valence-electron chi connectivity index (χ4n) is 4.79. The highest BCUT2D eigenvalue weighted by Crippen LogP contribution is 2.31. The van der Waals surface area contributed by atoms with E-state index in [1.807, 2.05) is 0 Å². The molecule has 1 fully saturated rings. The van der Waals surface area contributed by atoms with Crippen molar-refractivity contribution in [3.8, 4) is 12.3 Å². The molecule has 1 heterocycles. The van der Waals surface area contributed by atoms with E-state index in [2.05, 4.69) is 5.92 Å². The molecule has 1 aliphatic heterocycles. The first kappa shape index (κ1) is 32.6. The minimum Gasteiger partial charge on any atom is -0.459 e. The fraction of sp³-hybridized carbons (Fsp3) is 0.189. The van der Waals surface area contributed by atoms with E-state index in [4.69, 9.17) is 34.8 Å². The van der Waals surface area contributed by atoms with Crippen LogP contribution in [0.4, 0.5) is 0 Å². The number of ether oxygens (including phenoxy) is 6. The molecular weight excluding hydrogens is 604 g/mol. The zero-order valence-electron chi connectivity index (χ0n) is 25.0. The molecule has 47 heavy (non-hydrogen) atoms. The summed E-state index contributed by atoms with van der Waals surface area (Å²) in [4.78, 5) is 53.2. The van der Waals surface area contributed by atoms with Gasteiger partial charge in [0.15, 0.2) is 24.6 Å². The maximum Gasteiger partial charge on any atom is 0.338 e. The molecular formula is C37H30O10. The number of rotatable bonds is 11. The molecule has 0 N–H and O–H groups in total.